The van der Waals surface area contributed by atoms with Gasteiger partial charge in [0.2, 0.25) is 0 Å². The summed E-state index contributed by atoms with van der Waals surface area (Å²) in [4.78, 5) is 5.25. The molecule has 1 aromatic heterocycles. The Kier molecular flexibility index (Phi) is 4.11. The van der Waals surface area contributed by atoms with Gasteiger partial charge in [0.05, 0.1) is 5.51 Å². The van der Waals surface area contributed by atoms with Crippen molar-refractivity contribution in [3.63, 3.8) is 0 Å². The molecule has 0 amide bonds. The van der Waals surface area contributed by atoms with E-state index < -0.39 is 0 Å². The Morgan fingerprint density at radius 3 is 3.18 bits per heavy atom. The molecule has 0 bridgehead atoms. The molecule has 0 aliphatic heterocycles. The van der Waals surface area contributed by atoms with E-state index in [1.54, 1.807) is 11.3 Å². The molecule has 1 aromatic rings. The van der Waals surface area contributed by atoms with E-state index in [0.29, 0.717) is 0 Å². The zero-order valence-corrected chi connectivity index (χ0v) is 7.23. The van der Waals surface area contributed by atoms with Crippen LogP contribution in [0.3, 0.4) is 0 Å². The second-order valence-corrected chi connectivity index (χ2v) is 3.26. The molecule has 0 saturated heterocycles. The number of aromatic nitrogens is 1. The van der Waals surface area contributed by atoms with Gasteiger partial charge in [-0.05, 0) is 19.5 Å². The molecule has 3 N–H and O–H groups in total. The molecule has 3 nitrogen and oxygen atoms in total. The lowest BCUT2D eigenvalue weighted by Crippen LogP contribution is -2.16. The summed E-state index contributed by atoms with van der Waals surface area (Å²) in [6.45, 7) is 2.68. The van der Waals surface area contributed by atoms with E-state index >= 15 is 0 Å². The number of nitrogens with zero attached hydrogens (tertiary/aromatic N) is 1. The van der Waals surface area contributed by atoms with E-state index in [0.717, 1.165) is 26.1 Å². The van der Waals surface area contributed by atoms with Gasteiger partial charge in [0.1, 0.15) is 0 Å². The molecule has 0 aliphatic rings. The van der Waals surface area contributed by atoms with E-state index in [2.05, 4.69) is 10.3 Å². The van der Waals surface area contributed by atoms with Crippen LogP contribution < -0.4 is 11.1 Å². The van der Waals surface area contributed by atoms with Gasteiger partial charge in [-0.1, -0.05) is 0 Å². The molecule has 11 heavy (non-hydrogen) atoms. The Bertz CT molecular complexity index is 174. The SMILES string of the molecule is NCCCNCc1cncs1. The van der Waals surface area contributed by atoms with Gasteiger partial charge in [-0.15, -0.1) is 11.3 Å². The van der Waals surface area contributed by atoms with Crippen LogP contribution >= 0.6 is 11.3 Å². The normalized spacial score (nSPS) is 10.3. The minimum atomic E-state index is 0.760. The fourth-order valence-electron chi connectivity index (χ4n) is 0.768. The Balaban J connectivity index is 2.04. The molecule has 0 spiro atoms. The van der Waals surface area contributed by atoms with Crippen molar-refractivity contribution >= 4 is 11.3 Å². The molecular weight excluding hydrogens is 158 g/mol. The summed E-state index contributed by atoms with van der Waals surface area (Å²) < 4.78 is 0. The van der Waals surface area contributed by atoms with Crippen molar-refractivity contribution in [3.05, 3.63) is 16.6 Å². The van der Waals surface area contributed by atoms with Crippen LogP contribution in [-0.4, -0.2) is 18.1 Å². The third-order valence-corrected chi connectivity index (χ3v) is 2.12. The predicted octanol–water partition coefficient (Wildman–Crippen LogP) is 0.582. The number of hydrogen-bond donors (Lipinski definition) is 2. The topological polar surface area (TPSA) is 50.9 Å². The van der Waals surface area contributed by atoms with Gasteiger partial charge in [-0.3, -0.25) is 4.98 Å². The summed E-state index contributed by atoms with van der Waals surface area (Å²) in [5, 5.41) is 3.28. The minimum absolute atomic E-state index is 0.760. The van der Waals surface area contributed by atoms with Gasteiger partial charge >= 0.3 is 0 Å². The largest absolute Gasteiger partial charge is 0.330 e. The van der Waals surface area contributed by atoms with Crippen molar-refractivity contribution in [1.29, 1.82) is 0 Å². The molecule has 0 aromatic carbocycles. The van der Waals surface area contributed by atoms with Crippen molar-refractivity contribution in [3.8, 4) is 0 Å². The Labute approximate surface area is 70.6 Å². The van der Waals surface area contributed by atoms with Crippen LogP contribution in [0.2, 0.25) is 0 Å². The zero-order valence-electron chi connectivity index (χ0n) is 6.42. The summed E-state index contributed by atoms with van der Waals surface area (Å²) in [7, 11) is 0. The van der Waals surface area contributed by atoms with Crippen LogP contribution in [0.5, 0.6) is 0 Å². The third kappa shape index (κ3) is 3.46. The van der Waals surface area contributed by atoms with Gasteiger partial charge in [0, 0.05) is 17.6 Å². The maximum Gasteiger partial charge on any atom is 0.0794 e. The Morgan fingerprint density at radius 1 is 1.64 bits per heavy atom. The van der Waals surface area contributed by atoms with Crippen molar-refractivity contribution in [2.24, 2.45) is 5.73 Å². The number of thiazole rings is 1. The first-order chi connectivity index (χ1) is 5.43. The second-order valence-electron chi connectivity index (χ2n) is 2.29. The van der Waals surface area contributed by atoms with Crippen molar-refractivity contribution in [1.82, 2.24) is 10.3 Å². The Hall–Kier alpha value is -0.450. The van der Waals surface area contributed by atoms with Gasteiger partial charge in [-0.2, -0.15) is 0 Å². The lowest BCUT2D eigenvalue weighted by molar-refractivity contribution is 0.660. The monoisotopic (exact) mass is 171 g/mol. The van der Waals surface area contributed by atoms with Gasteiger partial charge in [0.15, 0.2) is 0 Å². The van der Waals surface area contributed by atoms with Crippen LogP contribution in [0, 0.1) is 0 Å². The minimum Gasteiger partial charge on any atom is -0.330 e. The first kappa shape index (κ1) is 8.64. The van der Waals surface area contributed by atoms with Crippen molar-refractivity contribution in [2.45, 2.75) is 13.0 Å². The molecule has 0 unspecified atom stereocenters. The molecular formula is C7H13N3S. The highest BCUT2D eigenvalue weighted by Gasteiger charge is 1.91. The summed E-state index contributed by atoms with van der Waals surface area (Å²) in [6, 6.07) is 0. The molecule has 0 aliphatic carbocycles. The quantitative estimate of drug-likeness (QED) is 0.637. The lowest BCUT2D eigenvalue weighted by Gasteiger charge is -1.99. The molecule has 0 atom stereocenters. The average molecular weight is 171 g/mol. The smallest absolute Gasteiger partial charge is 0.0794 e. The first-order valence-electron chi connectivity index (χ1n) is 3.71. The molecule has 62 valence electrons. The maximum absolute atomic E-state index is 5.34. The number of hydrogen-bond acceptors (Lipinski definition) is 4. The molecule has 0 saturated carbocycles. The van der Waals surface area contributed by atoms with Gasteiger partial charge in [0.25, 0.3) is 0 Å². The third-order valence-electron chi connectivity index (χ3n) is 1.34. The zero-order chi connectivity index (χ0) is 7.94. The van der Waals surface area contributed by atoms with Gasteiger partial charge < -0.3 is 11.1 Å². The number of nitrogens with one attached hydrogen (secondary N) is 1. The molecule has 1 heterocycles. The maximum atomic E-state index is 5.34. The molecule has 0 fully saturated rings. The summed E-state index contributed by atoms with van der Waals surface area (Å²) in [6.07, 6.45) is 2.93. The fourth-order valence-corrected chi connectivity index (χ4v) is 1.33. The van der Waals surface area contributed by atoms with Crippen molar-refractivity contribution in [2.75, 3.05) is 13.1 Å². The standard InChI is InChI=1S/C7H13N3S/c8-2-1-3-9-4-7-5-10-6-11-7/h5-6,9H,1-4,8H2. The highest BCUT2D eigenvalue weighted by Crippen LogP contribution is 2.03. The van der Waals surface area contributed by atoms with Crippen LogP contribution in [0.15, 0.2) is 11.7 Å². The van der Waals surface area contributed by atoms with Crippen LogP contribution in [0.4, 0.5) is 0 Å². The summed E-state index contributed by atoms with van der Waals surface area (Å²) >= 11 is 1.68. The van der Waals surface area contributed by atoms with Crippen LogP contribution in [0.1, 0.15) is 11.3 Å². The lowest BCUT2D eigenvalue weighted by atomic mass is 10.4. The first-order valence-corrected chi connectivity index (χ1v) is 4.59. The van der Waals surface area contributed by atoms with Gasteiger partial charge in [-0.25, -0.2) is 0 Å². The van der Waals surface area contributed by atoms with E-state index in [9.17, 15) is 0 Å². The van der Waals surface area contributed by atoms with Crippen LogP contribution in [0.25, 0.3) is 0 Å². The summed E-state index contributed by atoms with van der Waals surface area (Å²) in [5.41, 5.74) is 7.19. The molecule has 4 heteroatoms. The molecule has 1 rings (SSSR count). The highest BCUT2D eigenvalue weighted by molar-refractivity contribution is 7.09. The fraction of sp³-hybridized carbons (Fsp3) is 0.571. The predicted molar refractivity (Wildman–Crippen MR) is 47.5 cm³/mol. The van der Waals surface area contributed by atoms with Crippen molar-refractivity contribution < 1.29 is 0 Å². The van der Waals surface area contributed by atoms with E-state index in [4.69, 9.17) is 5.73 Å². The van der Waals surface area contributed by atoms with Crippen LogP contribution in [-0.2, 0) is 6.54 Å². The number of rotatable bonds is 5. The highest BCUT2D eigenvalue weighted by atomic mass is 32.1. The Morgan fingerprint density at radius 2 is 2.55 bits per heavy atom. The summed E-state index contributed by atoms with van der Waals surface area (Å²) in [5.74, 6) is 0. The van der Waals surface area contributed by atoms with E-state index in [-0.39, 0.29) is 0 Å². The van der Waals surface area contributed by atoms with E-state index in [1.165, 1.54) is 4.88 Å². The second kappa shape index (κ2) is 5.23. The number of nitrogens with two attached hydrogens (primary N) is 1. The molecule has 0 radical (unpaired) electrons. The van der Waals surface area contributed by atoms with E-state index in [1.807, 2.05) is 11.7 Å². The average Bonchev–Trinajstić information content (AvgIpc) is 2.50.